The fourth-order valence-electron chi connectivity index (χ4n) is 1.95. The van der Waals surface area contributed by atoms with Gasteiger partial charge in [-0.25, -0.2) is 5.48 Å². The molecule has 1 aliphatic rings. The van der Waals surface area contributed by atoms with Gasteiger partial charge in [0.25, 0.3) is 5.91 Å². The van der Waals surface area contributed by atoms with E-state index < -0.39 is 5.91 Å². The number of carbonyl (C=O) groups is 1. The first-order chi connectivity index (χ1) is 8.76. The summed E-state index contributed by atoms with van der Waals surface area (Å²) in [6.45, 7) is 3.18. The lowest BCUT2D eigenvalue weighted by atomic mass is 10.0. The van der Waals surface area contributed by atoms with Crippen LogP contribution in [0.5, 0.6) is 11.5 Å². The molecule has 0 radical (unpaired) electrons. The number of nitrogens with one attached hydrogen (secondary N) is 1. The topological polar surface area (TPSA) is 67.8 Å². The molecule has 98 valence electrons. The third kappa shape index (κ3) is 2.56. The molecule has 18 heavy (non-hydrogen) atoms. The maximum absolute atomic E-state index is 11.6. The van der Waals surface area contributed by atoms with Crippen LogP contribution in [0.1, 0.15) is 35.7 Å². The van der Waals surface area contributed by atoms with Gasteiger partial charge in [-0.05, 0) is 37.0 Å². The van der Waals surface area contributed by atoms with Gasteiger partial charge in [-0.3, -0.25) is 10.0 Å². The van der Waals surface area contributed by atoms with Crippen molar-refractivity contribution in [2.24, 2.45) is 0 Å². The van der Waals surface area contributed by atoms with Gasteiger partial charge in [0, 0.05) is 0 Å². The number of ether oxygens (including phenoxy) is 2. The summed E-state index contributed by atoms with van der Waals surface area (Å²) in [5, 5.41) is 8.75. The summed E-state index contributed by atoms with van der Waals surface area (Å²) < 4.78 is 11.0. The molecule has 0 spiro atoms. The predicted octanol–water partition coefficient (Wildman–Crippen LogP) is 1.92. The lowest BCUT2D eigenvalue weighted by Crippen LogP contribution is -2.21. The first-order valence-corrected chi connectivity index (χ1v) is 6.13. The Bertz CT molecular complexity index is 445. The largest absolute Gasteiger partial charge is 0.493 e. The number of hydroxylamine groups is 1. The summed E-state index contributed by atoms with van der Waals surface area (Å²) in [5.41, 5.74) is 2.97. The zero-order valence-electron chi connectivity index (χ0n) is 10.4. The molecular weight excluding hydrogens is 234 g/mol. The summed E-state index contributed by atoms with van der Waals surface area (Å²) in [6, 6.07) is 3.46. The number of fused-ring (bicyclic) bond motifs is 1. The number of benzene rings is 1. The maximum Gasteiger partial charge on any atom is 0.278 e. The Hall–Kier alpha value is -1.75. The second kappa shape index (κ2) is 5.73. The Labute approximate surface area is 106 Å². The zero-order chi connectivity index (χ0) is 13.0. The Balaban J connectivity index is 2.37. The summed E-state index contributed by atoms with van der Waals surface area (Å²) in [4.78, 5) is 11.6. The highest BCUT2D eigenvalue weighted by Gasteiger charge is 2.19. The van der Waals surface area contributed by atoms with Crippen LogP contribution in [0.2, 0.25) is 0 Å². The van der Waals surface area contributed by atoms with Gasteiger partial charge in [0.2, 0.25) is 0 Å². The smallest absolute Gasteiger partial charge is 0.278 e. The minimum absolute atomic E-state index is 0.298. The second-order valence-corrected chi connectivity index (χ2v) is 4.20. The Kier molecular flexibility index (Phi) is 4.04. The summed E-state index contributed by atoms with van der Waals surface area (Å²) >= 11 is 0. The van der Waals surface area contributed by atoms with Crippen molar-refractivity contribution in [2.75, 3.05) is 13.2 Å². The van der Waals surface area contributed by atoms with Gasteiger partial charge in [0.05, 0.1) is 18.8 Å². The minimum atomic E-state index is -0.585. The van der Waals surface area contributed by atoms with Crippen molar-refractivity contribution in [1.29, 1.82) is 0 Å². The molecule has 1 amide bonds. The van der Waals surface area contributed by atoms with Gasteiger partial charge < -0.3 is 9.47 Å². The van der Waals surface area contributed by atoms with Gasteiger partial charge in [0.15, 0.2) is 0 Å². The standard InChI is InChI=1S/C13H17NO4/c1-2-5-17-12-7-9-4-3-6-18-11(9)8-10(12)13(15)14-16/h7-8,16H,2-6H2,1H3,(H,14,15). The van der Waals surface area contributed by atoms with Crippen molar-refractivity contribution in [3.63, 3.8) is 0 Å². The molecule has 0 atom stereocenters. The average molecular weight is 251 g/mol. The molecule has 5 heteroatoms. The van der Waals surface area contributed by atoms with Gasteiger partial charge >= 0.3 is 0 Å². The fourth-order valence-corrected chi connectivity index (χ4v) is 1.95. The number of hydrogen-bond donors (Lipinski definition) is 2. The molecule has 0 aliphatic carbocycles. The third-order valence-electron chi connectivity index (χ3n) is 2.82. The molecular formula is C13H17NO4. The van der Waals surface area contributed by atoms with E-state index in [4.69, 9.17) is 14.7 Å². The van der Waals surface area contributed by atoms with Crippen LogP contribution in [0, 0.1) is 0 Å². The molecule has 2 N–H and O–H groups in total. The van der Waals surface area contributed by atoms with E-state index in [1.807, 2.05) is 13.0 Å². The quantitative estimate of drug-likeness (QED) is 0.633. The molecule has 5 nitrogen and oxygen atoms in total. The number of rotatable bonds is 4. The van der Waals surface area contributed by atoms with Crippen LogP contribution in [-0.4, -0.2) is 24.3 Å². The van der Waals surface area contributed by atoms with E-state index in [-0.39, 0.29) is 0 Å². The van der Waals surface area contributed by atoms with Crippen LogP contribution >= 0.6 is 0 Å². The first-order valence-electron chi connectivity index (χ1n) is 6.13. The van der Waals surface area contributed by atoms with Crippen molar-refractivity contribution in [3.05, 3.63) is 23.3 Å². The molecule has 1 heterocycles. The van der Waals surface area contributed by atoms with E-state index in [0.29, 0.717) is 30.3 Å². The highest BCUT2D eigenvalue weighted by atomic mass is 16.5. The molecule has 1 aliphatic heterocycles. The van der Waals surface area contributed by atoms with E-state index in [1.54, 1.807) is 11.5 Å². The van der Waals surface area contributed by atoms with E-state index >= 15 is 0 Å². The Morgan fingerprint density at radius 3 is 3.11 bits per heavy atom. The molecule has 0 bridgehead atoms. The molecule has 0 unspecified atom stereocenters. The number of aryl methyl sites for hydroxylation is 1. The van der Waals surface area contributed by atoms with Gasteiger partial charge in [0.1, 0.15) is 11.5 Å². The highest BCUT2D eigenvalue weighted by Crippen LogP contribution is 2.32. The van der Waals surface area contributed by atoms with E-state index in [2.05, 4.69) is 0 Å². The predicted molar refractivity (Wildman–Crippen MR) is 65.3 cm³/mol. The highest BCUT2D eigenvalue weighted by molar-refractivity contribution is 5.96. The molecule has 0 saturated heterocycles. The van der Waals surface area contributed by atoms with Gasteiger partial charge in [-0.15, -0.1) is 0 Å². The van der Waals surface area contributed by atoms with Crippen molar-refractivity contribution < 1.29 is 19.5 Å². The lowest BCUT2D eigenvalue weighted by molar-refractivity contribution is 0.0701. The average Bonchev–Trinajstić information content (AvgIpc) is 2.43. The van der Waals surface area contributed by atoms with Crippen LogP contribution in [-0.2, 0) is 6.42 Å². The molecule has 0 aromatic heterocycles. The second-order valence-electron chi connectivity index (χ2n) is 4.20. The molecule has 1 aromatic carbocycles. The molecule has 0 saturated carbocycles. The van der Waals surface area contributed by atoms with Gasteiger partial charge in [-0.2, -0.15) is 0 Å². The zero-order valence-corrected chi connectivity index (χ0v) is 10.4. The Morgan fingerprint density at radius 2 is 2.39 bits per heavy atom. The summed E-state index contributed by atoms with van der Waals surface area (Å²) in [6.07, 6.45) is 2.73. The number of carbonyl (C=O) groups excluding carboxylic acids is 1. The molecule has 0 fully saturated rings. The normalized spacial score (nSPS) is 13.4. The van der Waals surface area contributed by atoms with Gasteiger partial charge in [-0.1, -0.05) is 6.92 Å². The van der Waals surface area contributed by atoms with Crippen molar-refractivity contribution in [2.45, 2.75) is 26.2 Å². The van der Waals surface area contributed by atoms with Crippen molar-refractivity contribution >= 4 is 5.91 Å². The summed E-state index contributed by atoms with van der Waals surface area (Å²) in [7, 11) is 0. The number of amides is 1. The first kappa shape index (κ1) is 12.7. The molecule has 2 rings (SSSR count). The fraction of sp³-hybridized carbons (Fsp3) is 0.462. The van der Waals surface area contributed by atoms with Crippen LogP contribution in [0.15, 0.2) is 12.1 Å². The lowest BCUT2D eigenvalue weighted by Gasteiger charge is -2.20. The monoisotopic (exact) mass is 251 g/mol. The third-order valence-corrected chi connectivity index (χ3v) is 2.82. The SMILES string of the molecule is CCCOc1cc2c(cc1C(=O)NO)OCCC2. The van der Waals surface area contributed by atoms with E-state index in [9.17, 15) is 4.79 Å². The minimum Gasteiger partial charge on any atom is -0.493 e. The Morgan fingerprint density at radius 1 is 1.56 bits per heavy atom. The maximum atomic E-state index is 11.6. The van der Waals surface area contributed by atoms with Crippen LogP contribution in [0.3, 0.4) is 0 Å². The van der Waals surface area contributed by atoms with E-state index in [1.165, 1.54) is 0 Å². The van der Waals surface area contributed by atoms with Crippen LogP contribution < -0.4 is 15.0 Å². The van der Waals surface area contributed by atoms with E-state index in [0.717, 1.165) is 24.8 Å². The van der Waals surface area contributed by atoms with Crippen molar-refractivity contribution in [3.8, 4) is 11.5 Å². The number of hydrogen-bond acceptors (Lipinski definition) is 4. The van der Waals surface area contributed by atoms with Crippen LogP contribution in [0.4, 0.5) is 0 Å². The molecule has 1 aromatic rings. The van der Waals surface area contributed by atoms with Crippen molar-refractivity contribution in [1.82, 2.24) is 5.48 Å². The van der Waals surface area contributed by atoms with Crippen LogP contribution in [0.25, 0.3) is 0 Å². The summed E-state index contributed by atoms with van der Waals surface area (Å²) in [5.74, 6) is 0.606.